The molecule has 0 aromatic carbocycles. The minimum atomic E-state index is -0.968. The summed E-state index contributed by atoms with van der Waals surface area (Å²) in [5.74, 6) is -0.663. The number of carboxylic acids is 1. The predicted molar refractivity (Wildman–Crippen MR) is 65.6 cm³/mol. The van der Waals surface area contributed by atoms with Crippen LogP contribution in [0.3, 0.4) is 0 Å². The number of carbonyl (C=O) groups is 2. The van der Waals surface area contributed by atoms with E-state index in [1.165, 1.54) is 11.3 Å². The van der Waals surface area contributed by atoms with Crippen molar-refractivity contribution in [3.8, 4) is 0 Å². The lowest BCUT2D eigenvalue weighted by molar-refractivity contribution is -0.131. The molecule has 0 spiro atoms. The van der Waals surface area contributed by atoms with Crippen LogP contribution in [-0.4, -0.2) is 17.0 Å². The van der Waals surface area contributed by atoms with Crippen molar-refractivity contribution < 1.29 is 14.7 Å². The monoisotopic (exact) mass is 251 g/mol. The molecular weight excluding hydrogens is 238 g/mol. The first kappa shape index (κ1) is 11.9. The number of hydrogen-bond acceptors (Lipinski definition) is 3. The highest BCUT2D eigenvalue weighted by Gasteiger charge is 2.29. The molecule has 90 valence electrons. The van der Waals surface area contributed by atoms with E-state index in [1.807, 2.05) is 11.4 Å². The van der Waals surface area contributed by atoms with Gasteiger partial charge in [-0.25, -0.2) is 4.79 Å². The number of amides is 1. The lowest BCUT2D eigenvalue weighted by Gasteiger charge is -2.03. The normalized spacial score (nSPS) is 15.1. The molecule has 0 bridgehead atoms. The highest BCUT2D eigenvalue weighted by molar-refractivity contribution is 7.10. The zero-order valence-corrected chi connectivity index (χ0v) is 10.00. The van der Waals surface area contributed by atoms with Gasteiger partial charge in [-0.05, 0) is 35.9 Å². The highest BCUT2D eigenvalue weighted by Crippen LogP contribution is 2.29. The van der Waals surface area contributed by atoms with Gasteiger partial charge in [-0.2, -0.15) is 0 Å². The van der Waals surface area contributed by atoms with Crippen molar-refractivity contribution in [1.29, 1.82) is 0 Å². The number of thiophene rings is 1. The second kappa shape index (κ2) is 5.14. The smallest absolute Gasteiger partial charge is 0.328 e. The van der Waals surface area contributed by atoms with Crippen LogP contribution in [-0.2, 0) is 16.1 Å². The van der Waals surface area contributed by atoms with E-state index in [9.17, 15) is 9.59 Å². The van der Waals surface area contributed by atoms with Crippen LogP contribution in [0.5, 0.6) is 0 Å². The standard InChI is InChI=1S/C12H13NO3S/c14-11(15)4-3-8-5-6-17-10(8)7-13-12(16)9-1-2-9/h3-6,9H,1-2,7H2,(H,13,16)(H,14,15). The topological polar surface area (TPSA) is 66.4 Å². The van der Waals surface area contributed by atoms with Crippen LogP contribution >= 0.6 is 11.3 Å². The van der Waals surface area contributed by atoms with Gasteiger partial charge in [0.05, 0.1) is 6.54 Å². The van der Waals surface area contributed by atoms with E-state index in [4.69, 9.17) is 5.11 Å². The second-order valence-corrected chi connectivity index (χ2v) is 4.96. The van der Waals surface area contributed by atoms with Crippen LogP contribution in [0.15, 0.2) is 17.5 Å². The first-order valence-electron chi connectivity index (χ1n) is 5.42. The Balaban J connectivity index is 1.93. The summed E-state index contributed by atoms with van der Waals surface area (Å²) in [4.78, 5) is 22.9. The quantitative estimate of drug-likeness (QED) is 0.785. The Hall–Kier alpha value is -1.62. The summed E-state index contributed by atoms with van der Waals surface area (Å²) >= 11 is 1.52. The maximum atomic E-state index is 11.5. The summed E-state index contributed by atoms with van der Waals surface area (Å²) in [5.41, 5.74) is 0.855. The van der Waals surface area contributed by atoms with Crippen LogP contribution in [0.4, 0.5) is 0 Å². The third-order valence-corrected chi connectivity index (χ3v) is 3.49. The molecule has 0 unspecified atom stereocenters. The van der Waals surface area contributed by atoms with E-state index in [-0.39, 0.29) is 11.8 Å². The maximum absolute atomic E-state index is 11.5. The fraction of sp³-hybridized carbons (Fsp3) is 0.333. The van der Waals surface area contributed by atoms with Gasteiger partial charge in [-0.15, -0.1) is 11.3 Å². The predicted octanol–water partition coefficient (Wildman–Crippen LogP) is 1.87. The van der Waals surface area contributed by atoms with Gasteiger partial charge in [0.25, 0.3) is 0 Å². The third kappa shape index (κ3) is 3.42. The highest BCUT2D eigenvalue weighted by atomic mass is 32.1. The molecule has 1 heterocycles. The average molecular weight is 251 g/mol. The fourth-order valence-corrected chi connectivity index (χ4v) is 2.27. The van der Waals surface area contributed by atoms with Crippen molar-refractivity contribution in [2.24, 2.45) is 5.92 Å². The van der Waals surface area contributed by atoms with E-state index in [0.29, 0.717) is 6.54 Å². The summed E-state index contributed by atoms with van der Waals surface area (Å²) < 4.78 is 0. The van der Waals surface area contributed by atoms with Gasteiger partial charge in [0.1, 0.15) is 0 Å². The molecule has 17 heavy (non-hydrogen) atoms. The van der Waals surface area contributed by atoms with Gasteiger partial charge in [0, 0.05) is 16.9 Å². The number of aliphatic carboxylic acids is 1. The lowest BCUT2D eigenvalue weighted by Crippen LogP contribution is -2.23. The second-order valence-electron chi connectivity index (χ2n) is 3.96. The molecule has 1 aromatic rings. The number of carboxylic acid groups (broad SMARTS) is 1. The Labute approximate surface area is 103 Å². The Morgan fingerprint density at radius 1 is 1.53 bits per heavy atom. The molecule has 1 amide bonds. The number of rotatable bonds is 5. The summed E-state index contributed by atoms with van der Waals surface area (Å²) in [5, 5.41) is 13.3. The van der Waals surface area contributed by atoms with Crippen LogP contribution in [0.25, 0.3) is 6.08 Å². The SMILES string of the molecule is O=C(O)C=Cc1ccsc1CNC(=O)C1CC1. The molecule has 5 heteroatoms. The van der Waals surface area contributed by atoms with Crippen LogP contribution in [0.2, 0.25) is 0 Å². The van der Waals surface area contributed by atoms with Gasteiger partial charge >= 0.3 is 5.97 Å². The van der Waals surface area contributed by atoms with Gasteiger partial charge in [0.2, 0.25) is 5.91 Å². The Morgan fingerprint density at radius 3 is 2.94 bits per heavy atom. The number of hydrogen-bond donors (Lipinski definition) is 2. The zero-order valence-electron chi connectivity index (χ0n) is 9.18. The van der Waals surface area contributed by atoms with Crippen LogP contribution in [0.1, 0.15) is 23.3 Å². The van der Waals surface area contributed by atoms with Crippen LogP contribution < -0.4 is 5.32 Å². The summed E-state index contributed by atoms with van der Waals surface area (Å²) in [6, 6.07) is 1.85. The molecule has 1 fully saturated rings. The van der Waals surface area contributed by atoms with E-state index < -0.39 is 5.97 Å². The van der Waals surface area contributed by atoms with Gasteiger partial charge in [0.15, 0.2) is 0 Å². The van der Waals surface area contributed by atoms with E-state index in [2.05, 4.69) is 5.32 Å². The lowest BCUT2D eigenvalue weighted by atomic mass is 10.2. The molecule has 2 N–H and O–H groups in total. The summed E-state index contributed by atoms with van der Waals surface area (Å²) in [6.07, 6.45) is 4.63. The molecule has 0 atom stereocenters. The van der Waals surface area contributed by atoms with Crippen molar-refractivity contribution in [3.05, 3.63) is 28.0 Å². The van der Waals surface area contributed by atoms with E-state index in [1.54, 1.807) is 6.08 Å². The van der Waals surface area contributed by atoms with Crippen LogP contribution in [0, 0.1) is 5.92 Å². The third-order valence-electron chi connectivity index (χ3n) is 2.56. The van der Waals surface area contributed by atoms with Crippen molar-refractivity contribution in [2.75, 3.05) is 0 Å². The fourth-order valence-electron chi connectivity index (χ4n) is 1.46. The first-order chi connectivity index (χ1) is 8.16. The molecule has 0 radical (unpaired) electrons. The molecule has 2 rings (SSSR count). The Bertz CT molecular complexity index is 460. The molecule has 4 nitrogen and oxygen atoms in total. The molecule has 1 saturated carbocycles. The van der Waals surface area contributed by atoms with Crippen molar-refractivity contribution in [3.63, 3.8) is 0 Å². The van der Waals surface area contributed by atoms with Gasteiger partial charge in [-0.3, -0.25) is 4.79 Å². The van der Waals surface area contributed by atoms with Gasteiger partial charge in [-0.1, -0.05) is 0 Å². The van der Waals surface area contributed by atoms with Gasteiger partial charge < -0.3 is 10.4 Å². The zero-order chi connectivity index (χ0) is 12.3. The molecule has 1 aliphatic rings. The van der Waals surface area contributed by atoms with Crippen molar-refractivity contribution >= 4 is 29.3 Å². The Morgan fingerprint density at radius 2 is 2.29 bits per heavy atom. The Kier molecular flexibility index (Phi) is 3.58. The first-order valence-corrected chi connectivity index (χ1v) is 6.30. The maximum Gasteiger partial charge on any atom is 0.328 e. The molecule has 1 aliphatic carbocycles. The number of nitrogens with one attached hydrogen (secondary N) is 1. The molecule has 1 aromatic heterocycles. The minimum absolute atomic E-state index is 0.103. The van der Waals surface area contributed by atoms with E-state index in [0.717, 1.165) is 29.4 Å². The molecule has 0 saturated heterocycles. The summed E-state index contributed by atoms with van der Waals surface area (Å²) in [7, 11) is 0. The molecular formula is C12H13NO3S. The number of carbonyl (C=O) groups excluding carboxylic acids is 1. The summed E-state index contributed by atoms with van der Waals surface area (Å²) in [6.45, 7) is 0.478. The average Bonchev–Trinajstić information content (AvgIpc) is 3.04. The van der Waals surface area contributed by atoms with Crippen molar-refractivity contribution in [1.82, 2.24) is 5.32 Å². The minimum Gasteiger partial charge on any atom is -0.478 e. The molecule has 0 aliphatic heterocycles. The largest absolute Gasteiger partial charge is 0.478 e. The van der Waals surface area contributed by atoms with Crippen molar-refractivity contribution in [2.45, 2.75) is 19.4 Å². The van der Waals surface area contributed by atoms with E-state index >= 15 is 0 Å².